The molecule has 3 heterocycles. The second kappa shape index (κ2) is 9.66. The number of aliphatic hydroxyl groups excluding tert-OH is 1. The monoisotopic (exact) mass is 489 g/mol. The number of piperazine rings is 1. The number of hydrogen-bond acceptors (Lipinski definition) is 6. The zero-order valence-corrected chi connectivity index (χ0v) is 19.3. The van der Waals surface area contributed by atoms with Crippen LogP contribution in [0.5, 0.6) is 0 Å². The van der Waals surface area contributed by atoms with Gasteiger partial charge in [-0.25, -0.2) is 8.78 Å². The lowest BCUT2D eigenvalue weighted by atomic mass is 9.84. The molecule has 1 aliphatic carbocycles. The smallest absolute Gasteiger partial charge is 0.256 e. The Morgan fingerprint density at radius 1 is 1.17 bits per heavy atom. The maximum atomic E-state index is 13.9. The van der Waals surface area contributed by atoms with Crippen molar-refractivity contribution in [2.45, 2.75) is 69.5 Å². The van der Waals surface area contributed by atoms with E-state index >= 15 is 0 Å². The summed E-state index contributed by atoms with van der Waals surface area (Å²) in [5.74, 6) is -3.06. The third-order valence-electron chi connectivity index (χ3n) is 7.57. The van der Waals surface area contributed by atoms with Crippen molar-refractivity contribution in [1.82, 2.24) is 15.1 Å². The van der Waals surface area contributed by atoms with Crippen molar-refractivity contribution in [2.75, 3.05) is 13.2 Å². The summed E-state index contributed by atoms with van der Waals surface area (Å²) in [6.45, 7) is 0.374. The molecule has 2 unspecified atom stereocenters. The lowest BCUT2D eigenvalue weighted by molar-refractivity contribution is -0.162. The number of amides is 2. The number of nitrogens with zero attached hydrogens (tertiary/aromatic N) is 2. The van der Waals surface area contributed by atoms with Gasteiger partial charge >= 0.3 is 0 Å². The van der Waals surface area contributed by atoms with Gasteiger partial charge in [0.1, 0.15) is 35.6 Å². The van der Waals surface area contributed by atoms with Crippen LogP contribution in [0.4, 0.5) is 8.78 Å². The lowest BCUT2D eigenvalue weighted by Gasteiger charge is -2.46. The van der Waals surface area contributed by atoms with E-state index < -0.39 is 41.7 Å². The van der Waals surface area contributed by atoms with E-state index in [1.54, 1.807) is 4.90 Å². The van der Waals surface area contributed by atoms with Crippen molar-refractivity contribution in [3.8, 4) is 0 Å². The Balaban J connectivity index is 1.29. The van der Waals surface area contributed by atoms with Gasteiger partial charge in [-0.2, -0.15) is 0 Å². The first-order valence-corrected chi connectivity index (χ1v) is 12.2. The number of rotatable bonds is 5. The number of ketones is 1. The average molecular weight is 490 g/mol. The molecule has 0 bridgehead atoms. The van der Waals surface area contributed by atoms with Gasteiger partial charge in [-0.3, -0.25) is 14.4 Å². The normalized spacial score (nSPS) is 29.1. The fraction of sp³-hybridized carbons (Fsp3) is 0.560. The summed E-state index contributed by atoms with van der Waals surface area (Å²) in [6.07, 6.45) is 5.84. The summed E-state index contributed by atoms with van der Waals surface area (Å²) < 4.78 is 32.9. The van der Waals surface area contributed by atoms with E-state index in [0.29, 0.717) is 18.6 Å². The molecular weight excluding hydrogens is 460 g/mol. The number of hydrogen-bond donors (Lipinski definition) is 2. The molecule has 1 aromatic carbocycles. The van der Waals surface area contributed by atoms with E-state index in [1.807, 2.05) is 0 Å². The highest BCUT2D eigenvalue weighted by atomic mass is 19.1. The molecule has 0 aromatic heterocycles. The van der Waals surface area contributed by atoms with Crippen molar-refractivity contribution in [2.24, 2.45) is 5.92 Å². The summed E-state index contributed by atoms with van der Waals surface area (Å²) in [4.78, 5) is 42.1. The molecule has 10 heteroatoms. The number of fused-ring (bicyclic) bond motifs is 2. The van der Waals surface area contributed by atoms with Gasteiger partial charge < -0.3 is 25.0 Å². The zero-order chi connectivity index (χ0) is 24.7. The number of aliphatic hydroxyl groups is 1. The van der Waals surface area contributed by atoms with Crippen LogP contribution in [0.2, 0.25) is 0 Å². The number of ether oxygens (including phenoxy) is 1. The number of carbonyl (C=O) groups is 3. The van der Waals surface area contributed by atoms with E-state index in [-0.39, 0.29) is 36.2 Å². The minimum Gasteiger partial charge on any atom is -0.382 e. The first kappa shape index (κ1) is 23.9. The minimum atomic E-state index is -1.70. The Morgan fingerprint density at radius 3 is 2.69 bits per heavy atom. The number of nitrogens with one attached hydrogen (secondary N) is 1. The highest BCUT2D eigenvalue weighted by molar-refractivity contribution is 6.22. The van der Waals surface area contributed by atoms with Crippen molar-refractivity contribution < 1.29 is 33.0 Å². The Morgan fingerprint density at radius 2 is 1.94 bits per heavy atom. The molecule has 2 N–H and O–H groups in total. The van der Waals surface area contributed by atoms with Gasteiger partial charge in [0.15, 0.2) is 0 Å². The fourth-order valence-corrected chi connectivity index (χ4v) is 5.75. The highest BCUT2D eigenvalue weighted by Gasteiger charge is 2.53. The molecule has 35 heavy (non-hydrogen) atoms. The van der Waals surface area contributed by atoms with Crippen LogP contribution in [0.3, 0.4) is 0 Å². The Kier molecular flexibility index (Phi) is 6.59. The maximum absolute atomic E-state index is 13.9. The highest BCUT2D eigenvalue weighted by Crippen LogP contribution is 2.35. The van der Waals surface area contributed by atoms with Crippen molar-refractivity contribution >= 4 is 17.6 Å². The van der Waals surface area contributed by atoms with Crippen LogP contribution in [0.25, 0.3) is 0 Å². The Labute approximate surface area is 201 Å². The molecular formula is C25H29F2N3O5. The molecule has 4 atom stereocenters. The molecule has 1 saturated carbocycles. The van der Waals surface area contributed by atoms with Crippen LogP contribution < -0.4 is 5.32 Å². The first-order valence-electron chi connectivity index (χ1n) is 12.2. The Bertz CT molecular complexity index is 1060. The largest absolute Gasteiger partial charge is 0.382 e. The second-order valence-corrected chi connectivity index (χ2v) is 9.84. The summed E-state index contributed by atoms with van der Waals surface area (Å²) in [5.41, 5.74) is -0.275. The standard InChI is InChI=1S/C25H29F2N3O5/c26-16-7-6-15(19(27)9-16)10-28-24(33)18-11-29-12-20-30(25(34)21(29)23(32)22(18)31)17(13-35-20)8-14-4-2-1-3-5-14/h6-7,9,11,14,17,20-21,23,32H,1-5,8,10,12-13H2,(H,28,33)/t17-,20+,21?,23?/m0/s1. The van der Waals surface area contributed by atoms with E-state index in [0.717, 1.165) is 25.3 Å². The number of Topliss-reactive ketones (excluding diaryl/α,β-unsaturated/α-hetero) is 1. The summed E-state index contributed by atoms with van der Waals surface area (Å²) in [6, 6.07) is 1.78. The number of carbonyl (C=O) groups excluding carboxylic acids is 3. The maximum Gasteiger partial charge on any atom is 0.256 e. The minimum absolute atomic E-state index is 0.0502. The van der Waals surface area contributed by atoms with E-state index in [2.05, 4.69) is 5.32 Å². The van der Waals surface area contributed by atoms with Crippen LogP contribution in [-0.4, -0.2) is 70.1 Å². The van der Waals surface area contributed by atoms with Crippen molar-refractivity contribution in [1.29, 1.82) is 0 Å². The molecule has 0 radical (unpaired) electrons. The van der Waals surface area contributed by atoms with Gasteiger partial charge in [0.2, 0.25) is 5.78 Å². The summed E-state index contributed by atoms with van der Waals surface area (Å²) in [7, 11) is 0. The average Bonchev–Trinajstić information content (AvgIpc) is 3.23. The van der Waals surface area contributed by atoms with Crippen LogP contribution in [-0.2, 0) is 25.7 Å². The molecule has 1 aromatic rings. The van der Waals surface area contributed by atoms with Crippen LogP contribution in [0.1, 0.15) is 44.1 Å². The summed E-state index contributed by atoms with van der Waals surface area (Å²) >= 11 is 0. The van der Waals surface area contributed by atoms with Crippen LogP contribution in [0.15, 0.2) is 30.0 Å². The van der Waals surface area contributed by atoms with Crippen LogP contribution in [0, 0.1) is 17.6 Å². The quantitative estimate of drug-likeness (QED) is 0.610. The van der Waals surface area contributed by atoms with Gasteiger partial charge in [-0.05, 0) is 18.4 Å². The van der Waals surface area contributed by atoms with Gasteiger partial charge in [0, 0.05) is 24.4 Å². The lowest BCUT2D eigenvalue weighted by Crippen LogP contribution is -2.66. The first-order chi connectivity index (χ1) is 16.8. The molecule has 3 aliphatic heterocycles. The zero-order valence-electron chi connectivity index (χ0n) is 19.3. The SMILES string of the molecule is O=C(NCc1ccc(F)cc1F)C1=CN2C[C@H]3OC[C@H](CC4CCCCC4)N3C(=O)C2C(O)C1=O. The third kappa shape index (κ3) is 4.56. The van der Waals surface area contributed by atoms with Gasteiger partial charge in [-0.15, -0.1) is 0 Å². The second-order valence-electron chi connectivity index (χ2n) is 9.84. The number of halogens is 2. The Hall–Kier alpha value is -2.85. The van der Waals surface area contributed by atoms with E-state index in [9.17, 15) is 28.3 Å². The topological polar surface area (TPSA) is 99.2 Å². The van der Waals surface area contributed by atoms with Gasteiger partial charge in [0.25, 0.3) is 11.8 Å². The predicted molar refractivity (Wildman–Crippen MR) is 119 cm³/mol. The molecule has 2 saturated heterocycles. The molecule has 8 nitrogen and oxygen atoms in total. The van der Waals surface area contributed by atoms with Gasteiger partial charge in [-0.1, -0.05) is 38.2 Å². The predicted octanol–water partition coefficient (Wildman–Crippen LogP) is 1.62. The van der Waals surface area contributed by atoms with Gasteiger partial charge in [0.05, 0.1) is 19.2 Å². The molecule has 5 rings (SSSR count). The molecule has 188 valence electrons. The number of benzene rings is 1. The fourth-order valence-electron chi connectivity index (χ4n) is 5.75. The van der Waals surface area contributed by atoms with Crippen LogP contribution >= 0.6 is 0 Å². The van der Waals surface area contributed by atoms with E-state index in [4.69, 9.17) is 4.74 Å². The van der Waals surface area contributed by atoms with Crippen molar-refractivity contribution in [3.05, 3.63) is 47.2 Å². The molecule has 0 spiro atoms. The third-order valence-corrected chi connectivity index (χ3v) is 7.57. The molecule has 4 aliphatic rings. The van der Waals surface area contributed by atoms with E-state index in [1.165, 1.54) is 36.4 Å². The molecule has 3 fully saturated rings. The molecule has 2 amide bonds. The van der Waals surface area contributed by atoms with Crippen molar-refractivity contribution in [3.63, 3.8) is 0 Å². The summed E-state index contributed by atoms with van der Waals surface area (Å²) in [5, 5.41) is 13.2.